The number of aliphatic hydroxyl groups is 2. The van der Waals surface area contributed by atoms with Crippen LogP contribution in [0.5, 0.6) is 11.5 Å². The largest absolute Gasteiger partial charge is 0.487 e. The second-order valence-electron chi connectivity index (χ2n) is 7.40. The number of rotatable bonds is 6. The van der Waals surface area contributed by atoms with Crippen molar-refractivity contribution >= 4 is 0 Å². The van der Waals surface area contributed by atoms with Crippen molar-refractivity contribution < 1.29 is 19.7 Å². The summed E-state index contributed by atoms with van der Waals surface area (Å²) in [6.07, 6.45) is 1.75. The van der Waals surface area contributed by atoms with Gasteiger partial charge < -0.3 is 25.0 Å². The van der Waals surface area contributed by atoms with Crippen molar-refractivity contribution in [2.45, 2.75) is 50.1 Å². The molecule has 0 aliphatic carbocycles. The molecule has 0 bridgehead atoms. The number of aryl methyl sites for hydroxylation is 2. The monoisotopic (exact) mass is 369 g/mol. The van der Waals surface area contributed by atoms with Crippen LogP contribution in [0.4, 0.5) is 0 Å². The third kappa shape index (κ3) is 4.26. The predicted octanol–water partition coefficient (Wildman–Crippen LogP) is 2.09. The Labute approximate surface area is 159 Å². The second-order valence-corrected chi connectivity index (χ2v) is 7.40. The van der Waals surface area contributed by atoms with Gasteiger partial charge in [0.2, 0.25) is 0 Å². The first-order valence-corrected chi connectivity index (χ1v) is 9.76. The Bertz CT molecular complexity index is 702. The minimum absolute atomic E-state index is 0.220. The lowest BCUT2D eigenvalue weighted by molar-refractivity contribution is 0.00900. The highest BCUT2D eigenvalue weighted by Gasteiger charge is 2.28. The molecule has 5 heteroatoms. The molecule has 2 heterocycles. The van der Waals surface area contributed by atoms with Gasteiger partial charge in [0.1, 0.15) is 35.9 Å². The van der Waals surface area contributed by atoms with Gasteiger partial charge in [-0.05, 0) is 48.9 Å². The standard InChI is InChI=1S/C22H27NO4/c24-17(21-11-9-15-5-1-3-7-19(15)26-21)13-23-14-18(25)22-12-10-16-6-2-4-8-20(16)27-22/h1-8,17-18,21-25H,9-14H2/t17-,18+,21-,22-/m0/s1. The van der Waals surface area contributed by atoms with E-state index in [4.69, 9.17) is 9.47 Å². The zero-order valence-electron chi connectivity index (χ0n) is 15.4. The lowest BCUT2D eigenvalue weighted by Gasteiger charge is -2.31. The van der Waals surface area contributed by atoms with Crippen molar-refractivity contribution in [3.8, 4) is 11.5 Å². The number of aliphatic hydroxyl groups excluding tert-OH is 2. The number of nitrogens with one attached hydrogen (secondary N) is 1. The van der Waals surface area contributed by atoms with Gasteiger partial charge in [-0.3, -0.25) is 0 Å². The Morgan fingerprint density at radius 3 is 1.70 bits per heavy atom. The summed E-state index contributed by atoms with van der Waals surface area (Å²) in [7, 11) is 0. The van der Waals surface area contributed by atoms with Gasteiger partial charge in [0.05, 0.1) is 0 Å². The molecule has 0 aromatic heterocycles. The van der Waals surface area contributed by atoms with Gasteiger partial charge in [-0.25, -0.2) is 0 Å². The van der Waals surface area contributed by atoms with E-state index in [2.05, 4.69) is 17.4 Å². The van der Waals surface area contributed by atoms with E-state index in [1.54, 1.807) is 0 Å². The maximum absolute atomic E-state index is 10.5. The van der Waals surface area contributed by atoms with Crippen LogP contribution in [0, 0.1) is 0 Å². The van der Waals surface area contributed by atoms with Crippen LogP contribution < -0.4 is 14.8 Å². The first kappa shape index (κ1) is 18.3. The number of hydrogen-bond donors (Lipinski definition) is 3. The molecular weight excluding hydrogens is 342 g/mol. The summed E-state index contributed by atoms with van der Waals surface area (Å²) in [5, 5.41) is 24.1. The maximum atomic E-state index is 10.5. The molecule has 5 nitrogen and oxygen atoms in total. The molecule has 0 radical (unpaired) electrons. The third-order valence-corrected chi connectivity index (χ3v) is 5.46. The summed E-state index contributed by atoms with van der Waals surface area (Å²) in [4.78, 5) is 0. The van der Waals surface area contributed by atoms with Gasteiger partial charge in [-0.2, -0.15) is 0 Å². The summed E-state index contributed by atoms with van der Waals surface area (Å²) >= 11 is 0. The van der Waals surface area contributed by atoms with Gasteiger partial charge in [-0.1, -0.05) is 36.4 Å². The molecule has 0 spiro atoms. The molecule has 2 aromatic carbocycles. The van der Waals surface area contributed by atoms with E-state index in [9.17, 15) is 10.2 Å². The van der Waals surface area contributed by atoms with E-state index < -0.39 is 12.2 Å². The lowest BCUT2D eigenvalue weighted by Crippen LogP contribution is -2.46. The minimum Gasteiger partial charge on any atom is -0.487 e. The van der Waals surface area contributed by atoms with E-state index in [1.165, 1.54) is 11.1 Å². The van der Waals surface area contributed by atoms with Crippen LogP contribution in [0.1, 0.15) is 24.0 Å². The number of benzene rings is 2. The quantitative estimate of drug-likeness (QED) is 0.727. The van der Waals surface area contributed by atoms with E-state index in [-0.39, 0.29) is 12.2 Å². The first-order chi connectivity index (χ1) is 13.2. The Morgan fingerprint density at radius 2 is 1.22 bits per heavy atom. The molecule has 2 aliphatic heterocycles. The fraction of sp³-hybridized carbons (Fsp3) is 0.455. The average molecular weight is 369 g/mol. The van der Waals surface area contributed by atoms with Gasteiger partial charge in [0, 0.05) is 13.1 Å². The topological polar surface area (TPSA) is 71.0 Å². The molecule has 27 heavy (non-hydrogen) atoms. The summed E-state index contributed by atoms with van der Waals surface area (Å²) in [6.45, 7) is 0.764. The zero-order chi connectivity index (χ0) is 18.6. The molecular formula is C22H27NO4. The highest BCUT2D eigenvalue weighted by molar-refractivity contribution is 5.36. The van der Waals surface area contributed by atoms with Crippen LogP contribution in [0.25, 0.3) is 0 Å². The minimum atomic E-state index is -0.612. The molecule has 144 valence electrons. The van der Waals surface area contributed by atoms with E-state index >= 15 is 0 Å². The van der Waals surface area contributed by atoms with Crippen LogP contribution >= 0.6 is 0 Å². The molecule has 2 aliphatic rings. The SMILES string of the molecule is O[C@H](CNC[C@H](O)[C@@H]1CCc2ccccc2O1)[C@@H]1CCc2ccccc2O1. The summed E-state index contributed by atoms with van der Waals surface area (Å²) in [5.41, 5.74) is 2.39. The van der Waals surface area contributed by atoms with Crippen molar-refractivity contribution in [2.75, 3.05) is 13.1 Å². The van der Waals surface area contributed by atoms with Crippen LogP contribution in [0.3, 0.4) is 0 Å². The number of ether oxygens (including phenoxy) is 2. The van der Waals surface area contributed by atoms with E-state index in [0.29, 0.717) is 13.1 Å². The molecule has 4 atom stereocenters. The van der Waals surface area contributed by atoms with Crippen LogP contribution in [-0.4, -0.2) is 47.7 Å². The predicted molar refractivity (Wildman–Crippen MR) is 103 cm³/mol. The molecule has 0 saturated heterocycles. The first-order valence-electron chi connectivity index (χ1n) is 9.76. The van der Waals surface area contributed by atoms with Crippen LogP contribution in [-0.2, 0) is 12.8 Å². The fourth-order valence-corrected chi connectivity index (χ4v) is 3.87. The number of para-hydroxylation sites is 2. The summed E-state index contributed by atoms with van der Waals surface area (Å²) in [6, 6.07) is 15.9. The fourth-order valence-electron chi connectivity index (χ4n) is 3.87. The Balaban J connectivity index is 1.23. The van der Waals surface area contributed by atoms with Gasteiger partial charge >= 0.3 is 0 Å². The van der Waals surface area contributed by atoms with E-state index in [1.807, 2.05) is 36.4 Å². The van der Waals surface area contributed by atoms with Gasteiger partial charge in [0.25, 0.3) is 0 Å². The highest BCUT2D eigenvalue weighted by Crippen LogP contribution is 2.29. The van der Waals surface area contributed by atoms with Crippen molar-refractivity contribution in [1.82, 2.24) is 5.32 Å². The molecule has 0 saturated carbocycles. The summed E-state index contributed by atoms with van der Waals surface area (Å²) < 4.78 is 11.9. The molecule has 0 fully saturated rings. The Morgan fingerprint density at radius 1 is 0.778 bits per heavy atom. The average Bonchev–Trinajstić information content (AvgIpc) is 2.72. The molecule has 4 rings (SSSR count). The van der Waals surface area contributed by atoms with Gasteiger partial charge in [0.15, 0.2) is 0 Å². The van der Waals surface area contributed by atoms with Crippen molar-refractivity contribution in [1.29, 1.82) is 0 Å². The van der Waals surface area contributed by atoms with Crippen molar-refractivity contribution in [2.24, 2.45) is 0 Å². The van der Waals surface area contributed by atoms with E-state index in [0.717, 1.165) is 37.2 Å². The molecule has 0 amide bonds. The smallest absolute Gasteiger partial charge is 0.126 e. The normalized spacial score (nSPS) is 23.3. The zero-order valence-corrected chi connectivity index (χ0v) is 15.4. The molecule has 2 aromatic rings. The lowest BCUT2D eigenvalue weighted by atomic mass is 9.98. The van der Waals surface area contributed by atoms with Crippen LogP contribution in [0.15, 0.2) is 48.5 Å². The summed E-state index contributed by atoms with van der Waals surface area (Å²) in [5.74, 6) is 1.73. The second kappa shape index (κ2) is 8.30. The third-order valence-electron chi connectivity index (χ3n) is 5.46. The Hall–Kier alpha value is -2.08. The Kier molecular flexibility index (Phi) is 5.62. The number of hydrogen-bond acceptors (Lipinski definition) is 5. The van der Waals surface area contributed by atoms with Crippen molar-refractivity contribution in [3.63, 3.8) is 0 Å². The van der Waals surface area contributed by atoms with Crippen LogP contribution in [0.2, 0.25) is 0 Å². The van der Waals surface area contributed by atoms with Gasteiger partial charge in [-0.15, -0.1) is 0 Å². The molecule has 0 unspecified atom stereocenters. The number of fused-ring (bicyclic) bond motifs is 2. The highest BCUT2D eigenvalue weighted by atomic mass is 16.5. The molecule has 3 N–H and O–H groups in total. The maximum Gasteiger partial charge on any atom is 0.126 e. The van der Waals surface area contributed by atoms with Crippen molar-refractivity contribution in [3.05, 3.63) is 59.7 Å².